The number of anilines is 1. The Balaban J connectivity index is 1.59. The summed E-state index contributed by atoms with van der Waals surface area (Å²) in [7, 11) is -3.49. The molecule has 1 aliphatic carbocycles. The maximum atomic E-state index is 14.5. The number of rotatable bonds is 4. The number of fused-ring (bicyclic) bond motifs is 1. The largest absolute Gasteiger partial charge is 0.347 e. The molecule has 12 heteroatoms. The second-order valence-corrected chi connectivity index (χ2v) is 9.66. The lowest BCUT2D eigenvalue weighted by Gasteiger charge is -2.33. The lowest BCUT2D eigenvalue weighted by atomic mass is 10.0. The zero-order valence-electron chi connectivity index (χ0n) is 15.7. The number of sulfonamides is 1. The third-order valence-electron chi connectivity index (χ3n) is 5.65. The third kappa shape index (κ3) is 3.79. The lowest BCUT2D eigenvalue weighted by Crippen LogP contribution is -2.49. The molecule has 29 heavy (non-hydrogen) atoms. The van der Waals surface area contributed by atoms with Crippen molar-refractivity contribution in [1.29, 1.82) is 0 Å². The fourth-order valence-electron chi connectivity index (χ4n) is 4.09. The Labute approximate surface area is 165 Å². The molecule has 0 bridgehead atoms. The van der Waals surface area contributed by atoms with Crippen LogP contribution in [0.25, 0.3) is 5.52 Å². The number of aromatic nitrogens is 3. The molecular weight excluding hydrogens is 414 g/mol. The van der Waals surface area contributed by atoms with Gasteiger partial charge in [-0.25, -0.2) is 35.5 Å². The number of hydrogen-bond donors (Lipinski definition) is 1. The molecule has 2 aromatic heterocycles. The second-order valence-electron chi connectivity index (χ2n) is 7.68. The molecule has 7 nitrogen and oxygen atoms in total. The summed E-state index contributed by atoms with van der Waals surface area (Å²) < 4.78 is 82.4. The fraction of sp³-hybridized carbons (Fsp3) is 0.647. The molecule has 2 aliphatic rings. The van der Waals surface area contributed by atoms with Crippen molar-refractivity contribution >= 4 is 21.5 Å². The van der Waals surface area contributed by atoms with E-state index in [1.54, 1.807) is 0 Å². The Hall–Kier alpha value is -1.95. The first-order chi connectivity index (χ1) is 13.6. The van der Waals surface area contributed by atoms with E-state index in [-0.39, 0.29) is 49.5 Å². The van der Waals surface area contributed by atoms with Crippen LogP contribution >= 0.6 is 0 Å². The van der Waals surface area contributed by atoms with Gasteiger partial charge in [0.1, 0.15) is 11.7 Å². The minimum absolute atomic E-state index is 0.0306. The van der Waals surface area contributed by atoms with Crippen molar-refractivity contribution in [2.45, 2.75) is 49.7 Å². The van der Waals surface area contributed by atoms with Gasteiger partial charge in [0.25, 0.3) is 5.92 Å². The molecule has 1 unspecified atom stereocenters. The standard InChI is InChI=1S/C17H21F4N5O2S/c1-29(27,28)25-6-4-13(12(19)9-25)23-16-22-8-15-11(18)7-14(26(15)24-16)10-3-2-5-17(10,20)21/h7-8,10,12-13H,2-6,9H2,1H3,(H,23,24)/t10?,12-,13-/m1/s1. The highest BCUT2D eigenvalue weighted by molar-refractivity contribution is 7.88. The smallest absolute Gasteiger partial charge is 0.256 e. The van der Waals surface area contributed by atoms with Gasteiger partial charge in [-0.3, -0.25) is 0 Å². The van der Waals surface area contributed by atoms with Crippen molar-refractivity contribution in [3.05, 3.63) is 23.8 Å². The van der Waals surface area contributed by atoms with Gasteiger partial charge in [-0.15, -0.1) is 5.10 Å². The molecule has 1 saturated carbocycles. The summed E-state index contributed by atoms with van der Waals surface area (Å²) in [6, 6.07) is 0.308. The summed E-state index contributed by atoms with van der Waals surface area (Å²) in [5.41, 5.74) is 0.0334. The Bertz CT molecular complexity index is 1030. The quantitative estimate of drug-likeness (QED) is 0.747. The summed E-state index contributed by atoms with van der Waals surface area (Å²) in [5, 5.41) is 6.92. The summed E-state index contributed by atoms with van der Waals surface area (Å²) >= 11 is 0. The Morgan fingerprint density at radius 2 is 2.07 bits per heavy atom. The van der Waals surface area contributed by atoms with E-state index >= 15 is 0 Å². The van der Waals surface area contributed by atoms with Gasteiger partial charge < -0.3 is 5.32 Å². The summed E-state index contributed by atoms with van der Waals surface area (Å²) in [5.74, 6) is -4.81. The fourth-order valence-corrected chi connectivity index (χ4v) is 4.94. The number of piperidine rings is 1. The van der Waals surface area contributed by atoms with Gasteiger partial charge in [0.2, 0.25) is 16.0 Å². The van der Waals surface area contributed by atoms with Crippen molar-refractivity contribution < 1.29 is 26.0 Å². The zero-order valence-corrected chi connectivity index (χ0v) is 16.5. The van der Waals surface area contributed by atoms with Crippen LogP contribution < -0.4 is 5.32 Å². The monoisotopic (exact) mass is 435 g/mol. The van der Waals surface area contributed by atoms with Crippen LogP contribution in [0.4, 0.5) is 23.5 Å². The highest BCUT2D eigenvalue weighted by atomic mass is 32.2. The van der Waals surface area contributed by atoms with Crippen LogP contribution in [0.3, 0.4) is 0 Å². The summed E-state index contributed by atoms with van der Waals surface area (Å²) in [4.78, 5) is 3.97. The highest BCUT2D eigenvalue weighted by Crippen LogP contribution is 2.47. The van der Waals surface area contributed by atoms with Crippen LogP contribution in [0.15, 0.2) is 12.3 Å². The minimum Gasteiger partial charge on any atom is -0.347 e. The van der Waals surface area contributed by atoms with Crippen LogP contribution in [0, 0.1) is 5.82 Å². The van der Waals surface area contributed by atoms with Gasteiger partial charge in [0, 0.05) is 19.5 Å². The van der Waals surface area contributed by atoms with E-state index in [2.05, 4.69) is 15.4 Å². The molecule has 1 N–H and O–H groups in total. The van der Waals surface area contributed by atoms with Crippen LogP contribution in [0.2, 0.25) is 0 Å². The van der Waals surface area contributed by atoms with Crippen LogP contribution in [0.5, 0.6) is 0 Å². The van der Waals surface area contributed by atoms with E-state index in [4.69, 9.17) is 0 Å². The molecule has 3 atom stereocenters. The van der Waals surface area contributed by atoms with E-state index < -0.39 is 39.9 Å². The number of nitrogens with one attached hydrogen (secondary N) is 1. The maximum absolute atomic E-state index is 14.5. The third-order valence-corrected chi connectivity index (χ3v) is 6.92. The normalized spacial score (nSPS) is 28.1. The molecule has 0 amide bonds. The lowest BCUT2D eigenvalue weighted by molar-refractivity contribution is -0.0105. The van der Waals surface area contributed by atoms with Crippen molar-refractivity contribution in [3.8, 4) is 0 Å². The molecule has 160 valence electrons. The zero-order chi connectivity index (χ0) is 21.0. The summed E-state index contributed by atoms with van der Waals surface area (Å²) in [6.45, 7) is -0.159. The number of alkyl halides is 3. The maximum Gasteiger partial charge on any atom is 0.256 e. The van der Waals surface area contributed by atoms with Gasteiger partial charge in [0.15, 0.2) is 5.82 Å². The van der Waals surface area contributed by atoms with Crippen LogP contribution in [-0.4, -0.2) is 64.8 Å². The molecule has 0 spiro atoms. The van der Waals surface area contributed by atoms with Crippen LogP contribution in [0.1, 0.15) is 37.3 Å². The van der Waals surface area contributed by atoms with Gasteiger partial charge in [-0.1, -0.05) is 0 Å². The molecule has 1 aliphatic heterocycles. The van der Waals surface area contributed by atoms with Gasteiger partial charge in [-0.2, -0.15) is 4.31 Å². The van der Waals surface area contributed by atoms with Crippen molar-refractivity contribution in [2.24, 2.45) is 0 Å². The first-order valence-electron chi connectivity index (χ1n) is 9.34. The number of halogens is 4. The topological polar surface area (TPSA) is 79.6 Å². The molecule has 2 fully saturated rings. The minimum atomic E-state index is -3.49. The van der Waals surface area contributed by atoms with E-state index in [1.807, 2.05) is 0 Å². The SMILES string of the molecule is CS(=O)(=O)N1CC[C@@H](Nc2ncc3c(F)cc(C4CCCC4(F)F)n3n2)[C@H](F)C1. The van der Waals surface area contributed by atoms with E-state index in [0.717, 1.165) is 21.1 Å². The molecule has 2 aromatic rings. The number of hydrogen-bond acceptors (Lipinski definition) is 5. The first kappa shape index (κ1) is 20.3. The van der Waals surface area contributed by atoms with Crippen molar-refractivity contribution in [1.82, 2.24) is 18.9 Å². The molecular formula is C17H21F4N5O2S. The summed E-state index contributed by atoms with van der Waals surface area (Å²) in [6.07, 6.45) is 1.17. The Morgan fingerprint density at radius 3 is 2.69 bits per heavy atom. The van der Waals surface area contributed by atoms with E-state index in [1.165, 1.54) is 6.20 Å². The average molecular weight is 435 g/mol. The predicted molar refractivity (Wildman–Crippen MR) is 97.8 cm³/mol. The highest BCUT2D eigenvalue weighted by Gasteiger charge is 2.46. The van der Waals surface area contributed by atoms with E-state index in [9.17, 15) is 26.0 Å². The van der Waals surface area contributed by atoms with Crippen molar-refractivity contribution in [3.63, 3.8) is 0 Å². The van der Waals surface area contributed by atoms with Gasteiger partial charge >= 0.3 is 0 Å². The molecule has 0 aromatic carbocycles. The average Bonchev–Trinajstić information content (AvgIpc) is 3.14. The molecule has 1 saturated heterocycles. The number of nitrogens with zero attached hydrogens (tertiary/aromatic N) is 4. The van der Waals surface area contributed by atoms with Crippen LogP contribution in [-0.2, 0) is 10.0 Å². The van der Waals surface area contributed by atoms with Gasteiger partial charge in [0.05, 0.1) is 30.1 Å². The molecule has 3 heterocycles. The van der Waals surface area contributed by atoms with Crippen molar-refractivity contribution in [2.75, 3.05) is 24.7 Å². The molecule has 4 rings (SSSR count). The second kappa shape index (κ2) is 7.08. The first-order valence-corrected chi connectivity index (χ1v) is 11.2. The van der Waals surface area contributed by atoms with E-state index in [0.29, 0.717) is 6.42 Å². The Kier molecular flexibility index (Phi) is 4.96. The van der Waals surface area contributed by atoms with Gasteiger partial charge in [-0.05, 0) is 25.3 Å². The Morgan fingerprint density at radius 1 is 1.31 bits per heavy atom. The predicted octanol–water partition coefficient (Wildman–Crippen LogP) is 2.56. The molecule has 0 radical (unpaired) electrons.